The van der Waals surface area contributed by atoms with Crippen LogP contribution in [0.2, 0.25) is 0 Å². The molecule has 160 valence electrons. The first-order chi connectivity index (χ1) is 15.5. The molecule has 1 N–H and O–H groups in total. The maximum absolute atomic E-state index is 13.0. The number of anilines is 1. The Balaban J connectivity index is 1.68. The number of nitrogens with zero attached hydrogens (tertiary/aromatic N) is 1. The van der Waals surface area contributed by atoms with Crippen LogP contribution in [-0.2, 0) is 16.1 Å². The lowest BCUT2D eigenvalue weighted by Gasteiger charge is -2.09. The molecule has 3 aromatic carbocycles. The third-order valence-electron chi connectivity index (χ3n) is 4.46. The second-order valence-corrected chi connectivity index (χ2v) is 6.65. The minimum Gasteiger partial charge on any atom is -0.489 e. The molecule has 0 aromatic heterocycles. The standard InChI is InChI=1S/C25H19FN2O4/c1-31-25(30)22-4-2-3-5-23(22)28-24(29)19(15-27)14-17-8-12-21(13-9-17)32-16-18-6-10-20(26)11-7-18/h2-14H,16H2,1H3,(H,28,29)/b19-14+. The summed E-state index contributed by atoms with van der Waals surface area (Å²) in [6, 6.07) is 21.1. The lowest BCUT2D eigenvalue weighted by Crippen LogP contribution is -2.16. The molecule has 6 nitrogen and oxygen atoms in total. The molecule has 0 atom stereocenters. The molecule has 0 heterocycles. The summed E-state index contributed by atoms with van der Waals surface area (Å²) in [5, 5.41) is 12.0. The number of benzene rings is 3. The van der Waals surface area contributed by atoms with E-state index in [4.69, 9.17) is 9.47 Å². The summed E-state index contributed by atoms with van der Waals surface area (Å²) in [6.07, 6.45) is 1.43. The molecule has 0 bridgehead atoms. The third kappa shape index (κ3) is 5.80. The van der Waals surface area contributed by atoms with Gasteiger partial charge in [-0.15, -0.1) is 0 Å². The number of carbonyl (C=O) groups is 2. The Hall–Kier alpha value is -4.44. The predicted octanol–water partition coefficient (Wildman–Crippen LogP) is 4.74. The molecule has 0 aliphatic heterocycles. The fraction of sp³-hybridized carbons (Fsp3) is 0.0800. The van der Waals surface area contributed by atoms with E-state index in [1.807, 2.05) is 6.07 Å². The molecule has 0 saturated heterocycles. The van der Waals surface area contributed by atoms with Gasteiger partial charge in [0.25, 0.3) is 5.91 Å². The number of nitriles is 1. The van der Waals surface area contributed by atoms with Gasteiger partial charge < -0.3 is 14.8 Å². The predicted molar refractivity (Wildman–Crippen MR) is 117 cm³/mol. The first kappa shape index (κ1) is 22.2. The summed E-state index contributed by atoms with van der Waals surface area (Å²) in [5.41, 5.74) is 1.74. The van der Waals surface area contributed by atoms with Crippen molar-refractivity contribution in [1.29, 1.82) is 5.26 Å². The molecule has 0 unspecified atom stereocenters. The van der Waals surface area contributed by atoms with Crippen LogP contribution in [0.15, 0.2) is 78.4 Å². The third-order valence-corrected chi connectivity index (χ3v) is 4.46. The van der Waals surface area contributed by atoms with Crippen molar-refractivity contribution in [2.75, 3.05) is 12.4 Å². The van der Waals surface area contributed by atoms with E-state index in [1.54, 1.807) is 54.6 Å². The van der Waals surface area contributed by atoms with Crippen LogP contribution in [0.3, 0.4) is 0 Å². The molecular formula is C25H19FN2O4. The average Bonchev–Trinajstić information content (AvgIpc) is 2.82. The Bertz CT molecular complexity index is 1180. The highest BCUT2D eigenvalue weighted by atomic mass is 19.1. The molecule has 0 aliphatic rings. The number of esters is 1. The summed E-state index contributed by atoms with van der Waals surface area (Å²) in [7, 11) is 1.24. The number of hydrogen-bond donors (Lipinski definition) is 1. The van der Waals surface area contributed by atoms with E-state index in [0.717, 1.165) is 5.56 Å². The van der Waals surface area contributed by atoms with Gasteiger partial charge in [0.05, 0.1) is 18.4 Å². The van der Waals surface area contributed by atoms with Crippen LogP contribution in [0.5, 0.6) is 5.75 Å². The van der Waals surface area contributed by atoms with Gasteiger partial charge in [0, 0.05) is 0 Å². The Morgan fingerprint density at radius 2 is 1.72 bits per heavy atom. The molecule has 0 fully saturated rings. The summed E-state index contributed by atoms with van der Waals surface area (Å²) in [5.74, 6) is -0.974. The zero-order valence-electron chi connectivity index (χ0n) is 17.2. The molecule has 3 rings (SSSR count). The first-order valence-corrected chi connectivity index (χ1v) is 9.58. The van der Waals surface area contributed by atoms with E-state index < -0.39 is 11.9 Å². The smallest absolute Gasteiger partial charge is 0.339 e. The molecule has 0 saturated carbocycles. The van der Waals surface area contributed by atoms with Crippen LogP contribution in [0.25, 0.3) is 6.08 Å². The van der Waals surface area contributed by atoms with Crippen molar-refractivity contribution in [3.63, 3.8) is 0 Å². The Morgan fingerprint density at radius 3 is 2.38 bits per heavy atom. The molecule has 0 spiro atoms. The van der Waals surface area contributed by atoms with Crippen molar-refractivity contribution >= 4 is 23.6 Å². The number of nitrogens with one attached hydrogen (secondary N) is 1. The van der Waals surface area contributed by atoms with E-state index in [-0.39, 0.29) is 29.2 Å². The average molecular weight is 430 g/mol. The maximum Gasteiger partial charge on any atom is 0.339 e. The van der Waals surface area contributed by atoms with Crippen molar-refractivity contribution in [1.82, 2.24) is 0 Å². The summed E-state index contributed by atoms with van der Waals surface area (Å²) in [4.78, 5) is 24.4. The zero-order valence-corrected chi connectivity index (χ0v) is 17.2. The number of methoxy groups -OCH3 is 1. The van der Waals surface area contributed by atoms with Gasteiger partial charge in [-0.05, 0) is 53.6 Å². The lowest BCUT2D eigenvalue weighted by molar-refractivity contribution is -0.112. The van der Waals surface area contributed by atoms with Crippen molar-refractivity contribution in [2.24, 2.45) is 0 Å². The second kappa shape index (κ2) is 10.5. The normalized spacial score (nSPS) is 10.7. The van der Waals surface area contributed by atoms with E-state index in [2.05, 4.69) is 5.32 Å². The van der Waals surface area contributed by atoms with Gasteiger partial charge in [-0.3, -0.25) is 4.79 Å². The number of para-hydroxylation sites is 1. The van der Waals surface area contributed by atoms with Crippen LogP contribution in [0.1, 0.15) is 21.5 Å². The van der Waals surface area contributed by atoms with E-state index in [9.17, 15) is 19.2 Å². The largest absolute Gasteiger partial charge is 0.489 e. The van der Waals surface area contributed by atoms with Crippen LogP contribution in [0, 0.1) is 17.1 Å². The number of amides is 1. The first-order valence-electron chi connectivity index (χ1n) is 9.58. The number of ether oxygens (including phenoxy) is 2. The van der Waals surface area contributed by atoms with Crippen LogP contribution in [-0.4, -0.2) is 19.0 Å². The molecule has 0 radical (unpaired) electrons. The van der Waals surface area contributed by atoms with Crippen molar-refractivity contribution in [2.45, 2.75) is 6.61 Å². The highest BCUT2D eigenvalue weighted by Gasteiger charge is 2.15. The topological polar surface area (TPSA) is 88.4 Å². The van der Waals surface area contributed by atoms with Gasteiger partial charge in [-0.25, -0.2) is 9.18 Å². The van der Waals surface area contributed by atoms with Gasteiger partial charge in [-0.2, -0.15) is 5.26 Å². The highest BCUT2D eigenvalue weighted by molar-refractivity contribution is 6.11. The van der Waals surface area contributed by atoms with Gasteiger partial charge in [0.1, 0.15) is 29.8 Å². The number of carbonyl (C=O) groups excluding carboxylic acids is 2. The van der Waals surface area contributed by atoms with Crippen molar-refractivity contribution in [3.05, 3.63) is 101 Å². The van der Waals surface area contributed by atoms with Crippen LogP contribution in [0.4, 0.5) is 10.1 Å². The molecule has 1 amide bonds. The quantitative estimate of drug-likeness (QED) is 0.332. The molecule has 32 heavy (non-hydrogen) atoms. The lowest BCUT2D eigenvalue weighted by atomic mass is 10.1. The zero-order chi connectivity index (χ0) is 22.9. The van der Waals surface area contributed by atoms with Gasteiger partial charge in [0.15, 0.2) is 0 Å². The highest BCUT2D eigenvalue weighted by Crippen LogP contribution is 2.19. The van der Waals surface area contributed by atoms with Gasteiger partial charge in [-0.1, -0.05) is 36.4 Å². The van der Waals surface area contributed by atoms with Gasteiger partial charge in [0.2, 0.25) is 0 Å². The Kier molecular flexibility index (Phi) is 7.33. The fourth-order valence-electron chi connectivity index (χ4n) is 2.79. The van der Waals surface area contributed by atoms with Crippen molar-refractivity contribution < 1.29 is 23.5 Å². The molecule has 3 aromatic rings. The number of hydrogen-bond acceptors (Lipinski definition) is 5. The minimum absolute atomic E-state index is 0.135. The van der Waals surface area contributed by atoms with Crippen LogP contribution < -0.4 is 10.1 Å². The van der Waals surface area contributed by atoms with Crippen LogP contribution >= 0.6 is 0 Å². The molecule has 0 aliphatic carbocycles. The maximum atomic E-state index is 13.0. The van der Waals surface area contributed by atoms with Crippen molar-refractivity contribution in [3.8, 4) is 11.8 Å². The molecule has 7 heteroatoms. The Morgan fingerprint density at radius 1 is 1.03 bits per heavy atom. The number of halogens is 1. The SMILES string of the molecule is COC(=O)c1ccccc1NC(=O)/C(C#N)=C/c1ccc(OCc2ccc(F)cc2)cc1. The van der Waals surface area contributed by atoms with E-state index in [1.165, 1.54) is 31.4 Å². The van der Waals surface area contributed by atoms with E-state index in [0.29, 0.717) is 11.3 Å². The van der Waals surface area contributed by atoms with E-state index >= 15 is 0 Å². The summed E-state index contributed by atoms with van der Waals surface area (Å²) in [6.45, 7) is 0.279. The monoisotopic (exact) mass is 430 g/mol. The summed E-state index contributed by atoms with van der Waals surface area (Å²) < 4.78 is 23.3. The second-order valence-electron chi connectivity index (χ2n) is 6.65. The fourth-order valence-corrected chi connectivity index (χ4v) is 2.79. The minimum atomic E-state index is -0.652. The van der Waals surface area contributed by atoms with Gasteiger partial charge >= 0.3 is 5.97 Å². The Labute approximate surface area is 184 Å². The number of rotatable bonds is 7. The summed E-state index contributed by atoms with van der Waals surface area (Å²) >= 11 is 0. The molecular weight excluding hydrogens is 411 g/mol.